The lowest BCUT2D eigenvalue weighted by Crippen LogP contribution is -2.20. The van der Waals surface area contributed by atoms with Gasteiger partial charge >= 0.3 is 0 Å². The van der Waals surface area contributed by atoms with Crippen molar-refractivity contribution in [2.24, 2.45) is 17.1 Å². The lowest BCUT2D eigenvalue weighted by Gasteiger charge is -2.07. The summed E-state index contributed by atoms with van der Waals surface area (Å²) in [7, 11) is 1.88. The molecule has 0 atom stereocenters. The van der Waals surface area contributed by atoms with Crippen LogP contribution in [0.4, 0.5) is 5.69 Å². The number of aromatic nitrogens is 3. The van der Waals surface area contributed by atoms with Gasteiger partial charge in [0.25, 0.3) is 5.56 Å². The molecule has 182 valence electrons. The highest BCUT2D eigenvalue weighted by atomic mass is 32.1. The zero-order valence-corrected chi connectivity index (χ0v) is 22.5. The van der Waals surface area contributed by atoms with Crippen LogP contribution in [0.25, 0.3) is 16.3 Å². The summed E-state index contributed by atoms with van der Waals surface area (Å²) in [6.07, 6.45) is 0. The molecule has 5 rings (SSSR count). The van der Waals surface area contributed by atoms with E-state index in [-0.39, 0.29) is 5.56 Å². The predicted octanol–water partition coefficient (Wildman–Crippen LogP) is 6.20. The van der Waals surface area contributed by atoms with E-state index in [9.17, 15) is 4.79 Å². The Labute approximate surface area is 217 Å². The highest BCUT2D eigenvalue weighted by molar-refractivity contribution is 7.14. The van der Waals surface area contributed by atoms with Crippen molar-refractivity contribution in [1.82, 2.24) is 14.0 Å². The van der Waals surface area contributed by atoms with Crippen LogP contribution < -0.4 is 10.4 Å². The standard InChI is InChI=1S/C28H27N5OS2/c1-18-13-14-22(16-19(18)2)20(3)30-32-24(25-12-9-15-35-25)17-36-28(32)29-26-21(4)31(5)33(27(26)34)23-10-7-6-8-11-23/h6-17H,1-5H3. The molecule has 36 heavy (non-hydrogen) atoms. The molecule has 0 aliphatic rings. The molecule has 0 saturated heterocycles. The SMILES string of the molecule is CC(=Nn1c(-c2cccs2)csc1=Nc1c(C)n(C)n(-c2ccccc2)c1=O)c1ccc(C)c(C)c1. The second-order valence-electron chi connectivity index (χ2n) is 8.70. The minimum atomic E-state index is -0.159. The Morgan fingerprint density at radius 1 is 0.917 bits per heavy atom. The third kappa shape index (κ3) is 4.34. The summed E-state index contributed by atoms with van der Waals surface area (Å²) >= 11 is 3.13. The molecule has 6 nitrogen and oxygen atoms in total. The third-order valence-electron chi connectivity index (χ3n) is 6.36. The second kappa shape index (κ2) is 9.72. The molecule has 0 aliphatic carbocycles. The molecule has 0 spiro atoms. The van der Waals surface area contributed by atoms with E-state index in [1.807, 2.05) is 72.0 Å². The van der Waals surface area contributed by atoms with Crippen molar-refractivity contribution >= 4 is 34.1 Å². The maximum absolute atomic E-state index is 13.5. The monoisotopic (exact) mass is 513 g/mol. The summed E-state index contributed by atoms with van der Waals surface area (Å²) in [5, 5.41) is 9.10. The van der Waals surface area contributed by atoms with Gasteiger partial charge in [-0.05, 0) is 74.0 Å². The van der Waals surface area contributed by atoms with Gasteiger partial charge in [-0.2, -0.15) is 5.10 Å². The van der Waals surface area contributed by atoms with Crippen molar-refractivity contribution in [2.75, 3.05) is 0 Å². The number of para-hydroxylation sites is 1. The minimum absolute atomic E-state index is 0.159. The van der Waals surface area contributed by atoms with Crippen LogP contribution in [0.3, 0.4) is 0 Å². The quantitative estimate of drug-likeness (QED) is 0.258. The number of thiazole rings is 1. The second-order valence-corrected chi connectivity index (χ2v) is 10.5. The third-order valence-corrected chi connectivity index (χ3v) is 8.07. The van der Waals surface area contributed by atoms with E-state index < -0.39 is 0 Å². The summed E-state index contributed by atoms with van der Waals surface area (Å²) in [5.41, 5.74) is 7.20. The predicted molar refractivity (Wildman–Crippen MR) is 150 cm³/mol. The van der Waals surface area contributed by atoms with Crippen LogP contribution >= 0.6 is 22.7 Å². The van der Waals surface area contributed by atoms with Crippen molar-refractivity contribution < 1.29 is 0 Å². The Morgan fingerprint density at radius 2 is 1.69 bits per heavy atom. The summed E-state index contributed by atoms with van der Waals surface area (Å²) in [5.74, 6) is 0. The van der Waals surface area contributed by atoms with E-state index in [0.29, 0.717) is 10.5 Å². The van der Waals surface area contributed by atoms with Crippen LogP contribution in [0, 0.1) is 20.8 Å². The lowest BCUT2D eigenvalue weighted by molar-refractivity contribution is 0.630. The van der Waals surface area contributed by atoms with E-state index in [4.69, 9.17) is 10.1 Å². The highest BCUT2D eigenvalue weighted by Crippen LogP contribution is 2.26. The number of benzene rings is 2. The number of rotatable bonds is 5. The van der Waals surface area contributed by atoms with Gasteiger partial charge in [-0.3, -0.25) is 9.48 Å². The molecule has 5 aromatic rings. The van der Waals surface area contributed by atoms with Gasteiger partial charge in [-0.15, -0.1) is 22.7 Å². The van der Waals surface area contributed by atoms with Gasteiger partial charge in [0.15, 0.2) is 5.69 Å². The molecular formula is C28H27N5OS2. The molecule has 0 aliphatic heterocycles. The normalized spacial score (nSPS) is 12.5. The molecule has 2 aromatic carbocycles. The molecule has 0 bridgehead atoms. The number of nitrogens with zero attached hydrogens (tertiary/aromatic N) is 5. The first-order valence-electron chi connectivity index (χ1n) is 11.6. The van der Waals surface area contributed by atoms with Gasteiger partial charge in [0, 0.05) is 12.4 Å². The van der Waals surface area contributed by atoms with E-state index in [1.54, 1.807) is 16.0 Å². The van der Waals surface area contributed by atoms with Gasteiger partial charge in [0.1, 0.15) is 0 Å². The molecule has 0 amide bonds. The molecule has 3 heterocycles. The number of aryl methyl sites for hydroxylation is 2. The van der Waals surface area contributed by atoms with Gasteiger partial charge in [0.2, 0.25) is 4.80 Å². The van der Waals surface area contributed by atoms with E-state index in [0.717, 1.165) is 33.2 Å². The van der Waals surface area contributed by atoms with E-state index in [2.05, 4.69) is 43.5 Å². The fourth-order valence-electron chi connectivity index (χ4n) is 4.02. The van der Waals surface area contributed by atoms with Crippen LogP contribution in [0.2, 0.25) is 0 Å². The molecule has 0 saturated carbocycles. The van der Waals surface area contributed by atoms with Gasteiger partial charge in [-0.1, -0.05) is 36.4 Å². The van der Waals surface area contributed by atoms with Gasteiger partial charge in [-0.25, -0.2) is 14.4 Å². The first kappa shape index (κ1) is 24.0. The van der Waals surface area contributed by atoms with Crippen LogP contribution in [-0.4, -0.2) is 19.8 Å². The summed E-state index contributed by atoms with van der Waals surface area (Å²) in [6, 6.07) is 20.1. The topological polar surface area (TPSA) is 56.6 Å². The number of hydrogen-bond acceptors (Lipinski definition) is 5. The average Bonchev–Trinajstić information content (AvgIpc) is 3.58. The molecular weight excluding hydrogens is 486 g/mol. The molecule has 0 N–H and O–H groups in total. The number of thiophene rings is 1. The van der Waals surface area contributed by atoms with Gasteiger partial charge < -0.3 is 0 Å². The molecule has 8 heteroatoms. The highest BCUT2D eigenvalue weighted by Gasteiger charge is 2.17. The fourth-order valence-corrected chi connectivity index (χ4v) is 5.65. The summed E-state index contributed by atoms with van der Waals surface area (Å²) in [4.78, 5) is 20.1. The van der Waals surface area contributed by atoms with Crippen LogP contribution in [-0.2, 0) is 7.05 Å². The van der Waals surface area contributed by atoms with Crippen LogP contribution in [0.15, 0.2) is 86.3 Å². The summed E-state index contributed by atoms with van der Waals surface area (Å²) in [6.45, 7) is 8.14. The van der Waals surface area contributed by atoms with Crippen molar-refractivity contribution in [2.45, 2.75) is 27.7 Å². The van der Waals surface area contributed by atoms with Gasteiger partial charge in [0.05, 0.1) is 27.7 Å². The number of hydrogen-bond donors (Lipinski definition) is 0. The van der Waals surface area contributed by atoms with Crippen molar-refractivity contribution in [3.63, 3.8) is 0 Å². The first-order valence-corrected chi connectivity index (χ1v) is 13.4. The Bertz CT molecular complexity index is 1700. The van der Waals surface area contributed by atoms with Crippen molar-refractivity contribution in [1.29, 1.82) is 0 Å². The molecule has 0 fully saturated rings. The van der Waals surface area contributed by atoms with Crippen molar-refractivity contribution in [3.8, 4) is 16.3 Å². The Balaban J connectivity index is 1.71. The van der Waals surface area contributed by atoms with Crippen LogP contribution in [0.5, 0.6) is 0 Å². The molecule has 0 unspecified atom stereocenters. The van der Waals surface area contributed by atoms with E-state index >= 15 is 0 Å². The zero-order valence-electron chi connectivity index (χ0n) is 20.9. The van der Waals surface area contributed by atoms with E-state index in [1.165, 1.54) is 22.5 Å². The Morgan fingerprint density at radius 3 is 2.39 bits per heavy atom. The zero-order chi connectivity index (χ0) is 25.4. The largest absolute Gasteiger partial charge is 0.297 e. The molecule has 3 aromatic heterocycles. The maximum Gasteiger partial charge on any atom is 0.297 e. The van der Waals surface area contributed by atoms with Crippen LogP contribution in [0.1, 0.15) is 29.3 Å². The van der Waals surface area contributed by atoms with Crippen molar-refractivity contribution in [3.05, 3.63) is 109 Å². The lowest BCUT2D eigenvalue weighted by atomic mass is 10.0. The summed E-state index contributed by atoms with van der Waals surface area (Å²) < 4.78 is 5.36. The average molecular weight is 514 g/mol. The maximum atomic E-state index is 13.5. The Hall–Kier alpha value is -3.75. The molecule has 0 radical (unpaired) electrons. The smallest absolute Gasteiger partial charge is 0.283 e. The fraction of sp³-hybridized carbons (Fsp3) is 0.179. The first-order chi connectivity index (χ1) is 17.3. The Kier molecular flexibility index (Phi) is 6.47. The minimum Gasteiger partial charge on any atom is -0.283 e.